The molecule has 0 bridgehead atoms. The molecule has 7 nitrogen and oxygen atoms in total. The van der Waals surface area contributed by atoms with E-state index in [9.17, 15) is 18.0 Å². The van der Waals surface area contributed by atoms with Gasteiger partial charge in [-0.25, -0.2) is 17.6 Å². The Morgan fingerprint density at radius 2 is 1.73 bits per heavy atom. The zero-order valence-electron chi connectivity index (χ0n) is 29.5. The average Bonchev–Trinajstić information content (AvgIpc) is 3.16. The quantitative estimate of drug-likeness (QED) is 0.157. The molecule has 0 radical (unpaired) electrons. The molecule has 52 heavy (non-hydrogen) atoms. The summed E-state index contributed by atoms with van der Waals surface area (Å²) >= 11 is 0. The smallest absolute Gasteiger partial charge is 0.266 e. The Balaban J connectivity index is 1.08. The summed E-state index contributed by atoms with van der Waals surface area (Å²) in [5, 5.41) is 16.4. The number of nitrogens with zero attached hydrogens (tertiary/aromatic N) is 4. The zero-order chi connectivity index (χ0) is 36.6. The third-order valence-electron chi connectivity index (χ3n) is 10.9. The van der Waals surface area contributed by atoms with Crippen LogP contribution in [0.15, 0.2) is 72.9 Å². The Morgan fingerprint density at radius 3 is 2.44 bits per heavy atom. The van der Waals surface area contributed by atoms with E-state index >= 15 is 4.39 Å². The lowest BCUT2D eigenvalue weighted by atomic mass is 9.76. The number of piperidine rings is 2. The predicted octanol–water partition coefficient (Wildman–Crippen LogP) is 9.05. The van der Waals surface area contributed by atoms with E-state index < -0.39 is 29.7 Å². The first-order valence-electron chi connectivity index (χ1n) is 17.9. The fourth-order valence-electron chi connectivity index (χ4n) is 7.69. The van der Waals surface area contributed by atoms with Crippen molar-refractivity contribution in [3.8, 4) is 11.3 Å². The van der Waals surface area contributed by atoms with Gasteiger partial charge in [0.1, 0.15) is 11.6 Å². The average molecular weight is 711 g/mol. The van der Waals surface area contributed by atoms with Crippen LogP contribution in [0.3, 0.4) is 0 Å². The van der Waals surface area contributed by atoms with Crippen molar-refractivity contribution >= 4 is 22.5 Å². The maximum absolute atomic E-state index is 15.3. The fraction of sp³-hybridized carbons (Fsp3) is 0.366. The molecule has 2 saturated heterocycles. The summed E-state index contributed by atoms with van der Waals surface area (Å²) in [6, 6.07) is 18.3. The minimum absolute atomic E-state index is 0.0260. The first kappa shape index (κ1) is 35.5. The number of halogens is 4. The molecule has 0 aliphatic carbocycles. The van der Waals surface area contributed by atoms with Gasteiger partial charge in [0.2, 0.25) is 0 Å². The number of carbonyl (C=O) groups is 1. The van der Waals surface area contributed by atoms with Crippen LogP contribution >= 0.6 is 0 Å². The van der Waals surface area contributed by atoms with Gasteiger partial charge in [-0.05, 0) is 87.4 Å². The van der Waals surface area contributed by atoms with Crippen LogP contribution in [0.25, 0.3) is 22.0 Å². The maximum atomic E-state index is 15.3. The molecule has 0 saturated carbocycles. The van der Waals surface area contributed by atoms with Crippen LogP contribution in [-0.4, -0.2) is 52.2 Å². The van der Waals surface area contributed by atoms with Gasteiger partial charge < -0.3 is 15.5 Å². The minimum atomic E-state index is -2.95. The van der Waals surface area contributed by atoms with Gasteiger partial charge >= 0.3 is 0 Å². The number of aromatic nitrogens is 3. The SMILES string of the molecule is Cc1nnc(N[C@H](C)c2cccc(C(F)F)c2F)c2cc(-c3ccc(F)c(C(=O)N4CCC(c5ccc([C@@]6(C)CCCNC6)cc5)CC4)c3)ncc12. The van der Waals surface area contributed by atoms with Gasteiger partial charge in [-0.1, -0.05) is 49.4 Å². The van der Waals surface area contributed by atoms with Crippen molar-refractivity contribution in [2.75, 3.05) is 31.5 Å². The van der Waals surface area contributed by atoms with E-state index in [-0.39, 0.29) is 22.4 Å². The Kier molecular flexibility index (Phi) is 9.98. The molecule has 2 fully saturated rings. The molecule has 5 aromatic rings. The number of alkyl halides is 2. The molecule has 3 aromatic carbocycles. The highest BCUT2D eigenvalue weighted by Gasteiger charge is 2.30. The van der Waals surface area contributed by atoms with Gasteiger partial charge in [-0.2, -0.15) is 5.10 Å². The first-order valence-corrected chi connectivity index (χ1v) is 17.9. The molecule has 11 heteroatoms. The van der Waals surface area contributed by atoms with Crippen molar-refractivity contribution in [1.82, 2.24) is 25.4 Å². The van der Waals surface area contributed by atoms with Crippen molar-refractivity contribution < 1.29 is 22.4 Å². The van der Waals surface area contributed by atoms with E-state index in [0.717, 1.165) is 32.0 Å². The highest BCUT2D eigenvalue weighted by Crippen LogP contribution is 2.36. The van der Waals surface area contributed by atoms with Crippen LogP contribution < -0.4 is 10.6 Å². The van der Waals surface area contributed by atoms with Crippen molar-refractivity contribution in [2.45, 2.75) is 70.3 Å². The number of anilines is 1. The number of nitrogens with one attached hydrogen (secondary N) is 2. The van der Waals surface area contributed by atoms with Crippen LogP contribution in [0.2, 0.25) is 0 Å². The van der Waals surface area contributed by atoms with Gasteiger partial charge in [0, 0.05) is 53.1 Å². The molecular formula is C41H42F4N6O. The monoisotopic (exact) mass is 710 g/mol. The van der Waals surface area contributed by atoms with E-state index in [0.29, 0.717) is 52.5 Å². The van der Waals surface area contributed by atoms with Crippen molar-refractivity contribution in [3.05, 3.63) is 118 Å². The second-order valence-electron chi connectivity index (χ2n) is 14.4. The molecule has 7 rings (SSSR count). The lowest BCUT2D eigenvalue weighted by Crippen LogP contribution is -2.41. The molecule has 2 atom stereocenters. The summed E-state index contributed by atoms with van der Waals surface area (Å²) in [5.41, 5.74) is 3.74. The Morgan fingerprint density at radius 1 is 0.981 bits per heavy atom. The van der Waals surface area contributed by atoms with E-state index in [1.165, 1.54) is 48.2 Å². The van der Waals surface area contributed by atoms with Crippen LogP contribution in [-0.2, 0) is 5.41 Å². The van der Waals surface area contributed by atoms with Gasteiger partial charge in [-0.15, -0.1) is 5.10 Å². The number of benzene rings is 3. The molecule has 2 N–H and O–H groups in total. The normalized spacial score (nSPS) is 18.9. The maximum Gasteiger partial charge on any atom is 0.266 e. The summed E-state index contributed by atoms with van der Waals surface area (Å²) in [4.78, 5) is 20.0. The second kappa shape index (κ2) is 14.6. The molecule has 0 unspecified atom stereocenters. The van der Waals surface area contributed by atoms with Crippen molar-refractivity contribution in [1.29, 1.82) is 0 Å². The zero-order valence-corrected chi connectivity index (χ0v) is 29.5. The molecule has 4 heterocycles. The van der Waals surface area contributed by atoms with Crippen LogP contribution in [0.4, 0.5) is 23.4 Å². The lowest BCUT2D eigenvalue weighted by molar-refractivity contribution is 0.0708. The molecule has 2 aromatic heterocycles. The first-order chi connectivity index (χ1) is 25.0. The van der Waals surface area contributed by atoms with Crippen molar-refractivity contribution in [2.24, 2.45) is 0 Å². The van der Waals surface area contributed by atoms with Gasteiger partial charge in [-0.3, -0.25) is 9.78 Å². The highest BCUT2D eigenvalue weighted by atomic mass is 19.3. The number of pyridine rings is 1. The van der Waals surface area contributed by atoms with E-state index in [1.807, 2.05) is 0 Å². The van der Waals surface area contributed by atoms with Crippen LogP contribution in [0, 0.1) is 18.6 Å². The third kappa shape index (κ3) is 6.98. The summed E-state index contributed by atoms with van der Waals surface area (Å²) in [5.74, 6) is -1.32. The van der Waals surface area contributed by atoms with Crippen LogP contribution in [0.1, 0.15) is 96.2 Å². The number of carbonyl (C=O) groups excluding carboxylic acids is 1. The summed E-state index contributed by atoms with van der Waals surface area (Å²) in [6.07, 6.45) is 2.61. The molecule has 2 aliphatic heterocycles. The standard InChI is InChI=1S/C41H42F4N6O/c1-24(30-6-4-7-31(37(30)43)38(44)45)48-39-32-21-36(47-22-34(32)25(2)49-50-39)28-10-13-35(42)33(20-28)40(52)51-18-14-27(15-19-51)26-8-11-29(12-9-26)41(3)16-5-17-46-23-41/h4,6-13,20-22,24,27,38,46H,5,14-19,23H2,1-3H3,(H,48,50)/t24-,41+/m1/s1. The number of hydrogen-bond donors (Lipinski definition) is 2. The van der Waals surface area contributed by atoms with Gasteiger partial charge in [0.25, 0.3) is 12.3 Å². The van der Waals surface area contributed by atoms with E-state index in [2.05, 4.69) is 57.0 Å². The number of aryl methyl sites for hydroxylation is 1. The summed E-state index contributed by atoms with van der Waals surface area (Å²) in [6.45, 7) is 8.85. The topological polar surface area (TPSA) is 83.0 Å². The molecule has 1 amide bonds. The number of likely N-dealkylation sites (tertiary alicyclic amines) is 1. The van der Waals surface area contributed by atoms with Crippen LogP contribution in [0.5, 0.6) is 0 Å². The fourth-order valence-corrected chi connectivity index (χ4v) is 7.69. The van der Waals surface area contributed by atoms with Crippen molar-refractivity contribution in [3.63, 3.8) is 0 Å². The van der Waals surface area contributed by atoms with E-state index in [1.54, 1.807) is 37.1 Å². The van der Waals surface area contributed by atoms with Gasteiger partial charge in [0.15, 0.2) is 5.82 Å². The highest BCUT2D eigenvalue weighted by molar-refractivity contribution is 5.97. The number of hydrogen-bond acceptors (Lipinski definition) is 6. The Bertz CT molecular complexity index is 2090. The molecule has 2 aliphatic rings. The molecule has 0 spiro atoms. The molecule has 270 valence electrons. The number of amides is 1. The number of fused-ring (bicyclic) bond motifs is 1. The van der Waals surface area contributed by atoms with E-state index in [4.69, 9.17) is 0 Å². The van der Waals surface area contributed by atoms with Gasteiger partial charge in [0.05, 0.1) is 28.6 Å². The predicted molar refractivity (Wildman–Crippen MR) is 195 cm³/mol. The minimum Gasteiger partial charge on any atom is -0.361 e. The largest absolute Gasteiger partial charge is 0.361 e. The second-order valence-corrected chi connectivity index (χ2v) is 14.4. The Hall–Kier alpha value is -4.90. The number of rotatable bonds is 8. The summed E-state index contributed by atoms with van der Waals surface area (Å²) in [7, 11) is 0. The molecular weight excluding hydrogens is 668 g/mol. The Labute approximate surface area is 300 Å². The third-order valence-corrected chi connectivity index (χ3v) is 10.9. The summed E-state index contributed by atoms with van der Waals surface area (Å²) < 4.78 is 57.0. The lowest BCUT2D eigenvalue weighted by Gasteiger charge is -2.35.